The molecule has 0 N–H and O–H groups in total. The van der Waals surface area contributed by atoms with Gasteiger partial charge in [0.25, 0.3) is 0 Å². The van der Waals surface area contributed by atoms with Crippen LogP contribution in [0, 0.1) is 6.92 Å². The van der Waals surface area contributed by atoms with Gasteiger partial charge in [-0.1, -0.05) is 0 Å². The molecule has 24 heavy (non-hydrogen) atoms. The molecule has 7 heteroatoms. The molecule has 5 nitrogen and oxygen atoms in total. The van der Waals surface area contributed by atoms with Crippen molar-refractivity contribution in [2.24, 2.45) is 0 Å². The summed E-state index contributed by atoms with van der Waals surface area (Å²) in [6.45, 7) is 3.22. The maximum Gasteiger partial charge on any atom is 0.194 e. The summed E-state index contributed by atoms with van der Waals surface area (Å²) in [6, 6.07) is 5.97. The number of hydrogen-bond donors (Lipinski definition) is 0. The second-order valence-electron chi connectivity index (χ2n) is 5.50. The van der Waals surface area contributed by atoms with Gasteiger partial charge < -0.3 is 9.47 Å². The fourth-order valence-corrected chi connectivity index (χ4v) is 4.55. The van der Waals surface area contributed by atoms with E-state index in [9.17, 15) is 0 Å². The highest BCUT2D eigenvalue weighted by Crippen LogP contribution is 2.37. The van der Waals surface area contributed by atoms with E-state index in [4.69, 9.17) is 14.5 Å². The molecule has 0 bridgehead atoms. The van der Waals surface area contributed by atoms with Gasteiger partial charge in [0, 0.05) is 22.5 Å². The van der Waals surface area contributed by atoms with Gasteiger partial charge in [-0.2, -0.15) is 0 Å². The van der Waals surface area contributed by atoms with E-state index in [0.29, 0.717) is 13.2 Å². The van der Waals surface area contributed by atoms with Crippen LogP contribution >= 0.6 is 22.7 Å². The normalized spacial score (nSPS) is 13.5. The van der Waals surface area contributed by atoms with Gasteiger partial charge in [0.05, 0.1) is 11.4 Å². The van der Waals surface area contributed by atoms with Crippen molar-refractivity contribution in [3.63, 3.8) is 0 Å². The number of nitrogens with zero attached hydrogens (tertiary/aromatic N) is 3. The number of aryl methyl sites for hydroxylation is 1. The minimum atomic E-state index is 0.587. The van der Waals surface area contributed by atoms with Gasteiger partial charge in [0.2, 0.25) is 0 Å². The van der Waals surface area contributed by atoms with Gasteiger partial charge in [-0.15, -0.1) is 22.7 Å². The van der Waals surface area contributed by atoms with Crippen molar-refractivity contribution >= 4 is 27.6 Å². The van der Waals surface area contributed by atoms with E-state index in [-0.39, 0.29) is 0 Å². The summed E-state index contributed by atoms with van der Waals surface area (Å²) < 4.78 is 13.4. The molecule has 1 aromatic carbocycles. The van der Waals surface area contributed by atoms with E-state index in [1.165, 1.54) is 0 Å². The maximum absolute atomic E-state index is 5.67. The summed E-state index contributed by atoms with van der Waals surface area (Å²) in [6.07, 6.45) is 2.04. The average molecular weight is 355 g/mol. The molecule has 0 fully saturated rings. The Balaban J connectivity index is 1.58. The van der Waals surface area contributed by atoms with Crippen molar-refractivity contribution in [3.8, 4) is 33.5 Å². The largest absolute Gasteiger partial charge is 0.486 e. The van der Waals surface area contributed by atoms with Crippen LogP contribution in [0.25, 0.3) is 26.9 Å². The van der Waals surface area contributed by atoms with E-state index in [1.54, 1.807) is 22.7 Å². The molecule has 120 valence electrons. The molecule has 0 saturated heterocycles. The zero-order chi connectivity index (χ0) is 16.1. The van der Waals surface area contributed by atoms with E-state index >= 15 is 0 Å². The monoisotopic (exact) mass is 355 g/mol. The van der Waals surface area contributed by atoms with Crippen LogP contribution in [0.4, 0.5) is 0 Å². The van der Waals surface area contributed by atoms with E-state index in [0.717, 1.165) is 44.1 Å². The summed E-state index contributed by atoms with van der Waals surface area (Å²) in [5.41, 5.74) is 4.05. The van der Waals surface area contributed by atoms with Gasteiger partial charge >= 0.3 is 0 Å². The Morgan fingerprint density at radius 3 is 2.88 bits per heavy atom. The van der Waals surface area contributed by atoms with E-state index in [1.807, 2.05) is 36.7 Å². The number of rotatable bonds is 2. The SMILES string of the molecule is Cc1nc2sccn2c1-c1nc(-c2ccc3c(c2)OCCO3)cs1. The third-order valence-electron chi connectivity index (χ3n) is 3.98. The van der Waals surface area contributed by atoms with Crippen LogP contribution in [0.5, 0.6) is 11.5 Å². The first-order valence-electron chi connectivity index (χ1n) is 7.58. The first-order chi connectivity index (χ1) is 11.8. The number of hydrogen-bond acceptors (Lipinski definition) is 6. The lowest BCUT2D eigenvalue weighted by atomic mass is 10.1. The summed E-state index contributed by atoms with van der Waals surface area (Å²) in [5, 5.41) is 5.09. The topological polar surface area (TPSA) is 48.7 Å². The number of benzene rings is 1. The second kappa shape index (κ2) is 5.32. The Morgan fingerprint density at radius 1 is 1.08 bits per heavy atom. The van der Waals surface area contributed by atoms with Crippen molar-refractivity contribution in [3.05, 3.63) is 40.8 Å². The lowest BCUT2D eigenvalue weighted by Crippen LogP contribution is -2.15. The zero-order valence-corrected chi connectivity index (χ0v) is 14.5. The molecule has 4 heterocycles. The van der Waals surface area contributed by atoms with Crippen LogP contribution in [0.1, 0.15) is 5.69 Å². The molecule has 0 aliphatic carbocycles. The fourth-order valence-electron chi connectivity index (χ4n) is 2.87. The second-order valence-corrected chi connectivity index (χ2v) is 7.23. The number of ether oxygens (including phenoxy) is 2. The third kappa shape index (κ3) is 2.12. The van der Waals surface area contributed by atoms with Crippen LogP contribution in [0.2, 0.25) is 0 Å². The molecule has 0 amide bonds. The molecule has 1 aliphatic heterocycles. The molecule has 1 aliphatic rings. The van der Waals surface area contributed by atoms with Gasteiger partial charge in [-0.05, 0) is 25.1 Å². The number of fused-ring (bicyclic) bond motifs is 2. The number of aromatic nitrogens is 3. The number of imidazole rings is 1. The molecule has 0 radical (unpaired) electrons. The van der Waals surface area contributed by atoms with Crippen LogP contribution < -0.4 is 9.47 Å². The van der Waals surface area contributed by atoms with Crippen molar-refractivity contribution in [2.75, 3.05) is 13.2 Å². The summed E-state index contributed by atoms with van der Waals surface area (Å²) in [4.78, 5) is 10.4. The van der Waals surface area contributed by atoms with Crippen molar-refractivity contribution < 1.29 is 9.47 Å². The molecule has 0 spiro atoms. The predicted octanol–water partition coefficient (Wildman–Crippen LogP) is 4.27. The quantitative estimate of drug-likeness (QED) is 0.539. The highest BCUT2D eigenvalue weighted by Gasteiger charge is 2.17. The molecular weight excluding hydrogens is 342 g/mol. The Morgan fingerprint density at radius 2 is 1.96 bits per heavy atom. The molecule has 5 rings (SSSR count). The lowest BCUT2D eigenvalue weighted by Gasteiger charge is -2.18. The average Bonchev–Trinajstić information content (AvgIpc) is 3.30. The first-order valence-corrected chi connectivity index (χ1v) is 9.33. The van der Waals surface area contributed by atoms with Crippen LogP contribution in [-0.2, 0) is 0 Å². The molecule has 4 aromatic rings. The van der Waals surface area contributed by atoms with Crippen molar-refractivity contribution in [1.82, 2.24) is 14.4 Å². The Bertz CT molecular complexity index is 1050. The lowest BCUT2D eigenvalue weighted by molar-refractivity contribution is 0.171. The van der Waals surface area contributed by atoms with E-state index in [2.05, 4.69) is 14.8 Å². The molecule has 0 atom stereocenters. The summed E-state index contributed by atoms with van der Waals surface area (Å²) in [7, 11) is 0. The smallest absolute Gasteiger partial charge is 0.194 e. The zero-order valence-electron chi connectivity index (χ0n) is 12.9. The third-order valence-corrected chi connectivity index (χ3v) is 5.59. The minimum Gasteiger partial charge on any atom is -0.486 e. The Kier molecular flexibility index (Phi) is 3.11. The first kappa shape index (κ1) is 14.0. The van der Waals surface area contributed by atoms with Gasteiger partial charge in [-0.25, -0.2) is 9.97 Å². The molecule has 0 saturated carbocycles. The maximum atomic E-state index is 5.67. The highest BCUT2D eigenvalue weighted by molar-refractivity contribution is 7.15. The van der Waals surface area contributed by atoms with Crippen LogP contribution in [0.15, 0.2) is 35.2 Å². The summed E-state index contributed by atoms with van der Waals surface area (Å²) in [5.74, 6) is 1.58. The fraction of sp³-hybridized carbons (Fsp3) is 0.176. The van der Waals surface area contributed by atoms with Gasteiger partial charge in [0.1, 0.15) is 23.9 Å². The van der Waals surface area contributed by atoms with E-state index < -0.39 is 0 Å². The molecular formula is C17H13N3O2S2. The van der Waals surface area contributed by atoms with Gasteiger partial charge in [-0.3, -0.25) is 4.40 Å². The molecule has 0 unspecified atom stereocenters. The van der Waals surface area contributed by atoms with Crippen LogP contribution in [-0.4, -0.2) is 27.6 Å². The number of thiazole rings is 2. The minimum absolute atomic E-state index is 0.587. The standard InChI is InChI=1S/C17H13N3O2S2/c1-10-15(20-4-7-23-17(20)18-10)16-19-12(9-24-16)11-2-3-13-14(8-11)22-6-5-21-13/h2-4,7-9H,5-6H2,1H3. The van der Waals surface area contributed by atoms with Crippen molar-refractivity contribution in [2.45, 2.75) is 6.92 Å². The Labute approximate surface area is 146 Å². The highest BCUT2D eigenvalue weighted by atomic mass is 32.1. The Hall–Kier alpha value is -2.38. The summed E-state index contributed by atoms with van der Waals surface area (Å²) >= 11 is 3.27. The predicted molar refractivity (Wildman–Crippen MR) is 95.3 cm³/mol. The molecule has 3 aromatic heterocycles. The van der Waals surface area contributed by atoms with Gasteiger partial charge in [0.15, 0.2) is 16.5 Å². The van der Waals surface area contributed by atoms with Crippen LogP contribution in [0.3, 0.4) is 0 Å². The van der Waals surface area contributed by atoms with Crippen molar-refractivity contribution in [1.29, 1.82) is 0 Å².